The first-order valence-electron chi connectivity index (χ1n) is 11.0. The average molecular weight is 451 g/mol. The molecule has 10 heteroatoms. The van der Waals surface area contributed by atoms with Crippen LogP contribution in [0.1, 0.15) is 46.5 Å². The van der Waals surface area contributed by atoms with E-state index in [4.69, 9.17) is 9.47 Å². The van der Waals surface area contributed by atoms with Gasteiger partial charge in [0, 0.05) is 17.3 Å². The highest BCUT2D eigenvalue weighted by molar-refractivity contribution is 5.12. The molecule has 10 nitrogen and oxygen atoms in total. The summed E-state index contributed by atoms with van der Waals surface area (Å²) in [5.41, 5.74) is -3.70. The Balaban J connectivity index is 2.01. The molecule has 1 saturated heterocycles. The van der Waals surface area contributed by atoms with Crippen LogP contribution >= 0.6 is 0 Å². The SMILES string of the molecule is CC(C)(O)C1CCC2(CO)C(O)CCC(C)(O)C2C1OC1OC(CO)C(O)C(O)C1O. The maximum absolute atomic E-state index is 11.3. The number of aliphatic hydroxyl groups excluding tert-OH is 6. The lowest BCUT2D eigenvalue weighted by Gasteiger charge is -2.61. The first-order chi connectivity index (χ1) is 14.3. The van der Waals surface area contributed by atoms with Gasteiger partial charge in [-0.1, -0.05) is 0 Å². The molecule has 8 N–H and O–H groups in total. The van der Waals surface area contributed by atoms with E-state index in [1.807, 2.05) is 0 Å². The van der Waals surface area contributed by atoms with Crippen molar-refractivity contribution in [1.29, 1.82) is 0 Å². The van der Waals surface area contributed by atoms with Crippen molar-refractivity contribution in [2.75, 3.05) is 13.2 Å². The quantitative estimate of drug-likeness (QED) is 0.230. The normalized spacial score (nSPS) is 51.4. The van der Waals surface area contributed by atoms with E-state index < -0.39 is 84.6 Å². The zero-order chi connectivity index (χ0) is 23.4. The van der Waals surface area contributed by atoms with Crippen LogP contribution in [0.25, 0.3) is 0 Å². The van der Waals surface area contributed by atoms with Crippen molar-refractivity contribution in [2.24, 2.45) is 17.3 Å². The van der Waals surface area contributed by atoms with Gasteiger partial charge in [0.1, 0.15) is 24.4 Å². The van der Waals surface area contributed by atoms with Gasteiger partial charge in [-0.3, -0.25) is 0 Å². The van der Waals surface area contributed by atoms with Gasteiger partial charge in [-0.25, -0.2) is 0 Å². The first kappa shape index (κ1) is 25.2. The Bertz CT molecular complexity index is 620. The van der Waals surface area contributed by atoms with E-state index in [1.165, 1.54) is 0 Å². The zero-order valence-corrected chi connectivity index (χ0v) is 18.3. The molecule has 2 saturated carbocycles. The van der Waals surface area contributed by atoms with Crippen LogP contribution < -0.4 is 0 Å². The van der Waals surface area contributed by atoms with Gasteiger partial charge in [-0.05, 0) is 46.5 Å². The topological polar surface area (TPSA) is 180 Å². The van der Waals surface area contributed by atoms with Gasteiger partial charge >= 0.3 is 0 Å². The van der Waals surface area contributed by atoms with E-state index in [2.05, 4.69) is 0 Å². The largest absolute Gasteiger partial charge is 0.396 e. The average Bonchev–Trinajstić information content (AvgIpc) is 2.70. The highest BCUT2D eigenvalue weighted by Crippen LogP contribution is 2.58. The second-order valence-electron chi connectivity index (χ2n) is 10.4. The monoisotopic (exact) mass is 450 g/mol. The van der Waals surface area contributed by atoms with Crippen LogP contribution in [0.2, 0.25) is 0 Å². The van der Waals surface area contributed by atoms with Crippen molar-refractivity contribution < 1.29 is 50.3 Å². The van der Waals surface area contributed by atoms with Crippen molar-refractivity contribution in [3.05, 3.63) is 0 Å². The summed E-state index contributed by atoms with van der Waals surface area (Å²) >= 11 is 0. The molecular weight excluding hydrogens is 412 g/mol. The summed E-state index contributed by atoms with van der Waals surface area (Å²) in [6.07, 6.45) is -8.07. The van der Waals surface area contributed by atoms with Crippen LogP contribution in [0.3, 0.4) is 0 Å². The maximum atomic E-state index is 11.3. The molecular formula is C21H38O10. The Morgan fingerprint density at radius 2 is 1.65 bits per heavy atom. The van der Waals surface area contributed by atoms with Gasteiger partial charge in [-0.2, -0.15) is 0 Å². The zero-order valence-electron chi connectivity index (χ0n) is 18.3. The highest BCUT2D eigenvalue weighted by Gasteiger charge is 2.64. The molecule has 0 aromatic heterocycles. The highest BCUT2D eigenvalue weighted by atomic mass is 16.7. The summed E-state index contributed by atoms with van der Waals surface area (Å²) in [6.45, 7) is 3.78. The molecule has 3 fully saturated rings. The second kappa shape index (κ2) is 8.75. The fourth-order valence-corrected chi connectivity index (χ4v) is 6.07. The van der Waals surface area contributed by atoms with E-state index in [0.717, 1.165) is 0 Å². The van der Waals surface area contributed by atoms with Crippen LogP contribution in [-0.2, 0) is 9.47 Å². The fraction of sp³-hybridized carbons (Fsp3) is 1.00. The summed E-state index contributed by atoms with van der Waals surface area (Å²) in [5, 5.41) is 83.5. The summed E-state index contributed by atoms with van der Waals surface area (Å²) < 4.78 is 11.6. The standard InChI is InChI=1S/C21H38O10/c1-19(2,28)10-4-7-21(9-23)12(24)5-6-20(3,29)17(21)16(10)31-18-15(27)14(26)13(25)11(8-22)30-18/h10-18,22-29H,4-9H2,1-3H3. The number of rotatable bonds is 5. The Kier molecular flexibility index (Phi) is 7.12. The van der Waals surface area contributed by atoms with E-state index >= 15 is 0 Å². The molecule has 0 aromatic rings. The summed E-state index contributed by atoms with van der Waals surface area (Å²) in [4.78, 5) is 0. The molecule has 3 rings (SSSR count). The van der Waals surface area contributed by atoms with Crippen LogP contribution in [-0.4, -0.2) is 108 Å². The molecule has 2 aliphatic carbocycles. The molecule has 1 heterocycles. The number of fused-ring (bicyclic) bond motifs is 1. The smallest absolute Gasteiger partial charge is 0.186 e. The minimum Gasteiger partial charge on any atom is -0.396 e. The number of hydrogen-bond donors (Lipinski definition) is 8. The van der Waals surface area contributed by atoms with Crippen molar-refractivity contribution in [1.82, 2.24) is 0 Å². The van der Waals surface area contributed by atoms with E-state index in [1.54, 1.807) is 20.8 Å². The molecule has 0 bridgehead atoms. The van der Waals surface area contributed by atoms with E-state index in [0.29, 0.717) is 19.3 Å². The molecule has 31 heavy (non-hydrogen) atoms. The van der Waals surface area contributed by atoms with Gasteiger partial charge in [-0.15, -0.1) is 0 Å². The Morgan fingerprint density at radius 3 is 2.19 bits per heavy atom. The molecule has 11 unspecified atom stereocenters. The van der Waals surface area contributed by atoms with Crippen LogP contribution in [0.15, 0.2) is 0 Å². The van der Waals surface area contributed by atoms with Crippen molar-refractivity contribution in [3.63, 3.8) is 0 Å². The summed E-state index contributed by atoms with van der Waals surface area (Å²) in [5.74, 6) is -1.37. The maximum Gasteiger partial charge on any atom is 0.186 e. The Labute approximate surface area is 182 Å². The molecule has 0 amide bonds. The van der Waals surface area contributed by atoms with Gasteiger partial charge in [0.25, 0.3) is 0 Å². The Morgan fingerprint density at radius 1 is 1.00 bits per heavy atom. The van der Waals surface area contributed by atoms with Crippen LogP contribution in [0.4, 0.5) is 0 Å². The third-order valence-electron chi connectivity index (χ3n) is 7.86. The van der Waals surface area contributed by atoms with E-state index in [-0.39, 0.29) is 6.42 Å². The lowest BCUT2D eigenvalue weighted by Crippen LogP contribution is -2.69. The molecule has 0 aromatic carbocycles. The van der Waals surface area contributed by atoms with Crippen molar-refractivity contribution >= 4 is 0 Å². The molecule has 11 atom stereocenters. The third kappa shape index (κ3) is 4.28. The fourth-order valence-electron chi connectivity index (χ4n) is 6.07. The molecule has 3 aliphatic rings. The lowest BCUT2D eigenvalue weighted by atomic mass is 9.49. The number of ether oxygens (including phenoxy) is 2. The molecule has 182 valence electrons. The second-order valence-corrected chi connectivity index (χ2v) is 10.4. The molecule has 0 radical (unpaired) electrons. The molecule has 0 spiro atoms. The van der Waals surface area contributed by atoms with Crippen molar-refractivity contribution in [2.45, 2.75) is 101 Å². The van der Waals surface area contributed by atoms with Crippen LogP contribution in [0.5, 0.6) is 0 Å². The predicted octanol–water partition coefficient (Wildman–Crippen LogP) is -2.15. The Hall–Kier alpha value is -0.400. The van der Waals surface area contributed by atoms with Gasteiger partial charge < -0.3 is 50.3 Å². The lowest BCUT2D eigenvalue weighted by molar-refractivity contribution is -0.345. The number of aliphatic hydroxyl groups is 8. The summed E-state index contributed by atoms with van der Waals surface area (Å²) in [7, 11) is 0. The van der Waals surface area contributed by atoms with Gasteiger partial charge in [0.15, 0.2) is 6.29 Å². The van der Waals surface area contributed by atoms with Crippen molar-refractivity contribution in [3.8, 4) is 0 Å². The van der Waals surface area contributed by atoms with Gasteiger partial charge in [0.2, 0.25) is 0 Å². The van der Waals surface area contributed by atoms with Gasteiger partial charge in [0.05, 0.1) is 36.6 Å². The third-order valence-corrected chi connectivity index (χ3v) is 7.86. The van der Waals surface area contributed by atoms with Crippen LogP contribution in [0, 0.1) is 17.3 Å². The number of hydrogen-bond acceptors (Lipinski definition) is 10. The minimum atomic E-state index is -1.65. The first-order valence-corrected chi connectivity index (χ1v) is 11.0. The van der Waals surface area contributed by atoms with E-state index in [9.17, 15) is 40.9 Å². The minimum absolute atomic E-state index is 0.244. The predicted molar refractivity (Wildman–Crippen MR) is 107 cm³/mol. The summed E-state index contributed by atoms with van der Waals surface area (Å²) in [6, 6.07) is 0. The molecule has 1 aliphatic heterocycles.